The molecule has 0 fully saturated rings. The van der Waals surface area contributed by atoms with Gasteiger partial charge in [-0.15, -0.1) is 0 Å². The number of hydrogen-bond donors (Lipinski definition) is 1. The summed E-state index contributed by atoms with van der Waals surface area (Å²) in [6.45, 7) is 1.86. The summed E-state index contributed by atoms with van der Waals surface area (Å²) in [6, 6.07) is 13.0. The first-order chi connectivity index (χ1) is 13.0. The first-order valence-electron chi connectivity index (χ1n) is 8.47. The van der Waals surface area contributed by atoms with Crippen LogP contribution in [-0.2, 0) is 11.2 Å². The number of carboxylic acid groups (broad SMARTS) is 1. The van der Waals surface area contributed by atoms with Gasteiger partial charge in [-0.2, -0.15) is 0 Å². The molecular formula is C21H17NO5. The summed E-state index contributed by atoms with van der Waals surface area (Å²) < 4.78 is 12.3. The molecule has 6 nitrogen and oxygen atoms in total. The van der Waals surface area contributed by atoms with Crippen LogP contribution in [0.4, 0.5) is 0 Å². The SMILES string of the molecule is Cc1c(CC(=O)O)c2cc3c(cc2n1C(=O)/C=C/c1ccccc1)OCO3. The normalized spacial score (nSPS) is 12.8. The van der Waals surface area contributed by atoms with Crippen molar-refractivity contribution in [3.8, 4) is 11.5 Å². The summed E-state index contributed by atoms with van der Waals surface area (Å²) in [5, 5.41) is 9.96. The number of ether oxygens (including phenoxy) is 2. The van der Waals surface area contributed by atoms with Crippen molar-refractivity contribution in [1.29, 1.82) is 0 Å². The Labute approximate surface area is 155 Å². The molecule has 2 heterocycles. The Hall–Kier alpha value is -3.54. The van der Waals surface area contributed by atoms with Gasteiger partial charge < -0.3 is 14.6 Å². The number of carbonyl (C=O) groups excluding carboxylic acids is 1. The van der Waals surface area contributed by atoms with Gasteiger partial charge in [0.05, 0.1) is 11.9 Å². The predicted molar refractivity (Wildman–Crippen MR) is 100 cm³/mol. The highest BCUT2D eigenvalue weighted by atomic mass is 16.7. The summed E-state index contributed by atoms with van der Waals surface area (Å²) in [7, 11) is 0. The molecule has 136 valence electrons. The molecule has 1 aliphatic heterocycles. The topological polar surface area (TPSA) is 77.8 Å². The third kappa shape index (κ3) is 3.06. The van der Waals surface area contributed by atoms with Crippen molar-refractivity contribution in [1.82, 2.24) is 4.57 Å². The summed E-state index contributed by atoms with van der Waals surface area (Å²) in [4.78, 5) is 24.2. The highest BCUT2D eigenvalue weighted by Crippen LogP contribution is 2.39. The molecule has 27 heavy (non-hydrogen) atoms. The van der Waals surface area contributed by atoms with Crippen LogP contribution in [0.25, 0.3) is 17.0 Å². The molecule has 1 aliphatic rings. The lowest BCUT2D eigenvalue weighted by atomic mass is 10.1. The van der Waals surface area contributed by atoms with Gasteiger partial charge in [0.25, 0.3) is 5.91 Å². The molecular weight excluding hydrogens is 346 g/mol. The Kier molecular flexibility index (Phi) is 4.16. The van der Waals surface area contributed by atoms with E-state index in [0.29, 0.717) is 33.7 Å². The van der Waals surface area contributed by atoms with Crippen molar-refractivity contribution in [2.45, 2.75) is 13.3 Å². The van der Waals surface area contributed by atoms with Crippen LogP contribution < -0.4 is 9.47 Å². The number of carbonyl (C=O) groups is 2. The van der Waals surface area contributed by atoms with Crippen molar-refractivity contribution in [2.24, 2.45) is 0 Å². The maximum atomic E-state index is 12.9. The van der Waals surface area contributed by atoms with Gasteiger partial charge in [0, 0.05) is 23.2 Å². The number of hydrogen-bond acceptors (Lipinski definition) is 4. The van der Waals surface area contributed by atoms with Gasteiger partial charge >= 0.3 is 5.97 Å². The van der Waals surface area contributed by atoms with Gasteiger partial charge in [0.1, 0.15) is 0 Å². The lowest BCUT2D eigenvalue weighted by molar-refractivity contribution is -0.136. The summed E-state index contributed by atoms with van der Waals surface area (Å²) in [6.07, 6.45) is 3.04. The van der Waals surface area contributed by atoms with E-state index in [1.54, 1.807) is 25.1 Å². The number of nitrogens with zero attached hydrogens (tertiary/aromatic N) is 1. The highest BCUT2D eigenvalue weighted by molar-refractivity contribution is 6.04. The molecule has 0 spiro atoms. The highest BCUT2D eigenvalue weighted by Gasteiger charge is 2.23. The van der Waals surface area contributed by atoms with Crippen molar-refractivity contribution in [3.63, 3.8) is 0 Å². The smallest absolute Gasteiger partial charge is 0.307 e. The van der Waals surface area contributed by atoms with Crippen molar-refractivity contribution < 1.29 is 24.2 Å². The van der Waals surface area contributed by atoms with E-state index in [1.165, 1.54) is 10.6 Å². The van der Waals surface area contributed by atoms with Gasteiger partial charge in [0.15, 0.2) is 11.5 Å². The molecule has 1 N–H and O–H groups in total. The van der Waals surface area contributed by atoms with Crippen LogP contribution in [0.2, 0.25) is 0 Å². The average Bonchev–Trinajstić information content (AvgIpc) is 3.21. The fraction of sp³-hybridized carbons (Fsp3) is 0.143. The van der Waals surface area contributed by atoms with E-state index in [-0.39, 0.29) is 19.1 Å². The molecule has 0 bridgehead atoms. The Balaban J connectivity index is 1.84. The van der Waals surface area contributed by atoms with Gasteiger partial charge in [-0.1, -0.05) is 30.3 Å². The Bertz CT molecular complexity index is 1080. The van der Waals surface area contributed by atoms with Gasteiger partial charge in [-0.25, -0.2) is 0 Å². The van der Waals surface area contributed by atoms with E-state index in [2.05, 4.69) is 0 Å². The predicted octanol–water partition coefficient (Wildman–Crippen LogP) is 3.66. The molecule has 0 unspecified atom stereocenters. The maximum Gasteiger partial charge on any atom is 0.307 e. The van der Waals surface area contributed by atoms with Crippen LogP contribution >= 0.6 is 0 Å². The minimum absolute atomic E-state index is 0.108. The second-order valence-corrected chi connectivity index (χ2v) is 6.27. The van der Waals surface area contributed by atoms with Gasteiger partial charge in [-0.3, -0.25) is 14.2 Å². The summed E-state index contributed by atoms with van der Waals surface area (Å²) in [5.74, 6) is -0.111. The third-order valence-corrected chi connectivity index (χ3v) is 4.60. The molecule has 0 saturated heterocycles. The monoisotopic (exact) mass is 363 g/mol. The second-order valence-electron chi connectivity index (χ2n) is 6.27. The third-order valence-electron chi connectivity index (χ3n) is 4.60. The van der Waals surface area contributed by atoms with E-state index in [9.17, 15) is 14.7 Å². The van der Waals surface area contributed by atoms with Gasteiger partial charge in [0.2, 0.25) is 6.79 Å². The molecule has 1 aromatic heterocycles. The zero-order valence-corrected chi connectivity index (χ0v) is 14.6. The van der Waals surface area contributed by atoms with Crippen LogP contribution in [0.1, 0.15) is 21.6 Å². The lowest BCUT2D eigenvalue weighted by Gasteiger charge is -2.04. The standard InChI is InChI=1S/C21H17NO5/c1-13-15(10-21(24)25)16-9-18-19(27-12-26-18)11-17(16)22(13)20(23)8-7-14-5-3-2-4-6-14/h2-9,11H,10,12H2,1H3,(H,24,25)/b8-7+. The molecule has 0 aliphatic carbocycles. The van der Waals surface area contributed by atoms with E-state index in [4.69, 9.17) is 9.47 Å². The molecule has 2 aromatic carbocycles. The van der Waals surface area contributed by atoms with E-state index < -0.39 is 5.97 Å². The molecule has 0 radical (unpaired) electrons. The first-order valence-corrected chi connectivity index (χ1v) is 8.47. The van der Waals surface area contributed by atoms with E-state index in [1.807, 2.05) is 30.3 Å². The molecule has 0 amide bonds. The van der Waals surface area contributed by atoms with E-state index in [0.717, 1.165) is 5.56 Å². The molecule has 4 rings (SSSR count). The Morgan fingerprint density at radius 3 is 2.56 bits per heavy atom. The zero-order valence-electron chi connectivity index (χ0n) is 14.6. The van der Waals surface area contributed by atoms with Crippen molar-refractivity contribution in [2.75, 3.05) is 6.79 Å². The van der Waals surface area contributed by atoms with E-state index >= 15 is 0 Å². The molecule has 0 atom stereocenters. The number of allylic oxidation sites excluding steroid dienone is 1. The first kappa shape index (κ1) is 16.9. The molecule has 6 heteroatoms. The van der Waals surface area contributed by atoms with Crippen molar-refractivity contribution >= 4 is 28.9 Å². The number of benzene rings is 2. The Morgan fingerprint density at radius 2 is 1.85 bits per heavy atom. The Morgan fingerprint density at radius 1 is 1.15 bits per heavy atom. The largest absolute Gasteiger partial charge is 0.481 e. The number of aromatic nitrogens is 1. The summed E-state index contributed by atoms with van der Waals surface area (Å²) in [5.41, 5.74) is 2.70. The minimum atomic E-state index is -0.956. The number of aliphatic carboxylic acids is 1. The number of fused-ring (bicyclic) bond motifs is 2. The van der Waals surface area contributed by atoms with Crippen LogP contribution in [-0.4, -0.2) is 28.3 Å². The van der Waals surface area contributed by atoms with Crippen LogP contribution in [0.15, 0.2) is 48.5 Å². The summed E-state index contributed by atoms with van der Waals surface area (Å²) >= 11 is 0. The average molecular weight is 363 g/mol. The fourth-order valence-electron chi connectivity index (χ4n) is 3.33. The van der Waals surface area contributed by atoms with Gasteiger partial charge in [-0.05, 0) is 30.2 Å². The number of carboxylic acids is 1. The quantitative estimate of drug-likeness (QED) is 0.716. The maximum absolute atomic E-state index is 12.9. The number of rotatable bonds is 4. The van der Waals surface area contributed by atoms with Crippen molar-refractivity contribution in [3.05, 3.63) is 65.4 Å². The lowest BCUT2D eigenvalue weighted by Crippen LogP contribution is -2.10. The zero-order chi connectivity index (χ0) is 19.0. The fourth-order valence-corrected chi connectivity index (χ4v) is 3.33. The molecule has 3 aromatic rings. The van der Waals surface area contributed by atoms with Crippen LogP contribution in [0, 0.1) is 6.92 Å². The molecule has 0 saturated carbocycles. The minimum Gasteiger partial charge on any atom is -0.481 e. The van der Waals surface area contributed by atoms with Crippen LogP contribution in [0.3, 0.4) is 0 Å². The van der Waals surface area contributed by atoms with Crippen LogP contribution in [0.5, 0.6) is 11.5 Å². The second kappa shape index (κ2) is 6.64.